The summed E-state index contributed by atoms with van der Waals surface area (Å²) in [6, 6.07) is 10.3. The number of nitrogens with two attached hydrogens (primary N) is 1. The second-order valence-corrected chi connectivity index (χ2v) is 16.2. The molecule has 2 aromatic rings. The van der Waals surface area contributed by atoms with E-state index in [4.69, 9.17) is 19.9 Å². The Morgan fingerprint density at radius 2 is 1.28 bits per heavy atom. The number of carboxylic acids is 1. The largest absolute Gasteiger partial charge is 0.514 e. The molecule has 17 nitrogen and oxygen atoms in total. The van der Waals surface area contributed by atoms with Gasteiger partial charge in [0.25, 0.3) is 0 Å². The van der Waals surface area contributed by atoms with Crippen molar-refractivity contribution in [2.24, 2.45) is 11.7 Å². The lowest BCUT2D eigenvalue weighted by atomic mass is 10.0. The maximum Gasteiger partial charge on any atom is 0.514 e. The smallest absolute Gasteiger partial charge is 0.480 e. The lowest BCUT2D eigenvalue weighted by Gasteiger charge is -2.25. The van der Waals surface area contributed by atoms with E-state index in [2.05, 4.69) is 26.6 Å². The van der Waals surface area contributed by atoms with Crippen LogP contribution in [-0.4, -0.2) is 95.4 Å². The Bertz CT molecular complexity index is 1690. The first-order chi connectivity index (χ1) is 27.0. The SMILES string of the molecule is CC(C)C[C@H](N)C(=O)NCCC[C@@H](NC(=O)[C@H](Cc1ccc(OC(=O)OC(C)(C)C)cc1)NC(=O)OC(C)(C)C)C(=O)NCC(=O)N[C@@H](Cc1ccccc1)C(=O)O. The van der Waals surface area contributed by atoms with Crippen molar-refractivity contribution in [3.05, 3.63) is 65.7 Å². The van der Waals surface area contributed by atoms with Crippen molar-refractivity contribution in [1.82, 2.24) is 26.6 Å². The number of rotatable bonds is 20. The normalized spacial score (nSPS) is 13.5. The summed E-state index contributed by atoms with van der Waals surface area (Å²) in [7, 11) is 0. The molecule has 0 radical (unpaired) electrons. The van der Waals surface area contributed by atoms with Gasteiger partial charge in [-0.25, -0.2) is 14.4 Å². The Balaban J connectivity index is 2.25. The van der Waals surface area contributed by atoms with Gasteiger partial charge in [0, 0.05) is 19.4 Å². The first kappa shape index (κ1) is 48.4. The Morgan fingerprint density at radius 3 is 1.84 bits per heavy atom. The average Bonchev–Trinajstić information content (AvgIpc) is 3.10. The van der Waals surface area contributed by atoms with Crippen LogP contribution in [0.3, 0.4) is 0 Å². The second kappa shape index (κ2) is 22.9. The van der Waals surface area contributed by atoms with Crippen LogP contribution in [-0.2, 0) is 46.3 Å². The summed E-state index contributed by atoms with van der Waals surface area (Å²) in [5.41, 5.74) is 5.52. The molecule has 320 valence electrons. The van der Waals surface area contributed by atoms with Crippen LogP contribution in [0.25, 0.3) is 0 Å². The number of nitrogens with one attached hydrogen (secondary N) is 5. The zero-order valence-corrected chi connectivity index (χ0v) is 34.6. The zero-order chi connectivity index (χ0) is 43.6. The van der Waals surface area contributed by atoms with Crippen LogP contribution in [0.2, 0.25) is 0 Å². The molecule has 0 spiro atoms. The Kier molecular flexibility index (Phi) is 19.1. The molecule has 8 N–H and O–H groups in total. The maximum absolute atomic E-state index is 13.9. The predicted molar refractivity (Wildman–Crippen MR) is 214 cm³/mol. The van der Waals surface area contributed by atoms with Gasteiger partial charge in [0.1, 0.15) is 35.1 Å². The standard InChI is InChI=1S/C41H60N6O11/c1-25(2)21-29(42)34(49)43-20-12-15-30(35(50)44-24-33(48)45-32(37(52)53)23-26-13-10-9-11-14-26)46-36(51)31(47-38(54)57-40(3,4)5)22-27-16-18-28(19-17-27)56-39(55)58-41(6,7)8/h9-11,13-14,16-19,25,29-32H,12,15,20-24,42H2,1-8H3,(H,43,49)(H,44,50)(H,45,48)(H,46,51)(H,47,54)(H,52,53)/t29-,30+,31-,32-/m0/s1. The number of ether oxygens (including phenoxy) is 3. The van der Waals surface area contributed by atoms with Crippen molar-refractivity contribution in [3.8, 4) is 5.75 Å². The molecule has 5 amide bonds. The number of benzene rings is 2. The van der Waals surface area contributed by atoms with Crippen molar-refractivity contribution >= 4 is 41.8 Å². The molecule has 0 aromatic heterocycles. The predicted octanol–water partition coefficient (Wildman–Crippen LogP) is 3.12. The summed E-state index contributed by atoms with van der Waals surface area (Å²) in [5.74, 6) is -3.61. The summed E-state index contributed by atoms with van der Waals surface area (Å²) < 4.78 is 15.8. The highest BCUT2D eigenvalue weighted by Crippen LogP contribution is 2.17. The first-order valence-electron chi connectivity index (χ1n) is 19.2. The third kappa shape index (κ3) is 19.9. The topological polar surface area (TPSA) is 254 Å². The fourth-order valence-electron chi connectivity index (χ4n) is 5.35. The molecule has 0 saturated heterocycles. The Morgan fingerprint density at radius 1 is 0.690 bits per heavy atom. The fourth-order valence-corrected chi connectivity index (χ4v) is 5.35. The van der Waals surface area contributed by atoms with Crippen molar-refractivity contribution in [2.75, 3.05) is 13.1 Å². The van der Waals surface area contributed by atoms with E-state index in [9.17, 15) is 38.7 Å². The van der Waals surface area contributed by atoms with Crippen LogP contribution in [0.1, 0.15) is 85.8 Å². The molecule has 0 heterocycles. The molecule has 0 aliphatic heterocycles. The van der Waals surface area contributed by atoms with Crippen LogP contribution in [0.15, 0.2) is 54.6 Å². The maximum atomic E-state index is 13.9. The van der Waals surface area contributed by atoms with Gasteiger partial charge < -0.3 is 51.6 Å². The van der Waals surface area contributed by atoms with E-state index >= 15 is 0 Å². The van der Waals surface area contributed by atoms with Gasteiger partial charge in [-0.1, -0.05) is 56.3 Å². The highest BCUT2D eigenvalue weighted by atomic mass is 16.7. The molecule has 0 fully saturated rings. The fraction of sp³-hybridized carbons (Fsp3) is 0.537. The Hall–Kier alpha value is -5.71. The summed E-state index contributed by atoms with van der Waals surface area (Å²) in [6.07, 6.45) is -1.23. The lowest BCUT2D eigenvalue weighted by molar-refractivity contribution is -0.141. The number of alkyl carbamates (subject to hydrolysis) is 1. The molecule has 4 atom stereocenters. The van der Waals surface area contributed by atoms with Gasteiger partial charge in [-0.15, -0.1) is 0 Å². The summed E-state index contributed by atoms with van der Waals surface area (Å²) in [4.78, 5) is 89.7. The molecule has 0 saturated carbocycles. The third-order valence-corrected chi connectivity index (χ3v) is 7.96. The minimum Gasteiger partial charge on any atom is -0.480 e. The van der Waals surface area contributed by atoms with Gasteiger partial charge in [0.2, 0.25) is 23.6 Å². The molecule has 58 heavy (non-hydrogen) atoms. The van der Waals surface area contributed by atoms with Crippen LogP contribution < -0.4 is 37.1 Å². The van der Waals surface area contributed by atoms with Gasteiger partial charge in [-0.3, -0.25) is 19.2 Å². The molecule has 0 aliphatic rings. The molecule has 17 heteroatoms. The number of carboxylic acid groups (broad SMARTS) is 1. The van der Waals surface area contributed by atoms with Crippen molar-refractivity contribution in [2.45, 2.75) is 123 Å². The van der Waals surface area contributed by atoms with E-state index in [-0.39, 0.29) is 49.8 Å². The lowest BCUT2D eigenvalue weighted by Crippen LogP contribution is -2.56. The highest BCUT2D eigenvalue weighted by molar-refractivity contribution is 5.93. The van der Waals surface area contributed by atoms with Gasteiger partial charge >= 0.3 is 18.2 Å². The number of hydrogen-bond donors (Lipinski definition) is 7. The molecule has 0 unspecified atom stereocenters. The van der Waals surface area contributed by atoms with E-state index in [0.717, 1.165) is 0 Å². The second-order valence-electron chi connectivity index (χ2n) is 16.2. The molecular formula is C41H60N6O11. The van der Waals surface area contributed by atoms with Crippen LogP contribution >= 0.6 is 0 Å². The molecule has 2 rings (SSSR count). The van der Waals surface area contributed by atoms with Crippen LogP contribution in [0.5, 0.6) is 5.75 Å². The molecular weight excluding hydrogens is 752 g/mol. The minimum absolute atomic E-state index is 0.00656. The molecule has 2 aromatic carbocycles. The average molecular weight is 813 g/mol. The van der Waals surface area contributed by atoms with Crippen molar-refractivity contribution in [3.63, 3.8) is 0 Å². The van der Waals surface area contributed by atoms with Crippen molar-refractivity contribution < 1.29 is 52.9 Å². The number of amides is 5. The first-order valence-corrected chi connectivity index (χ1v) is 19.2. The van der Waals surface area contributed by atoms with Crippen LogP contribution in [0, 0.1) is 5.92 Å². The minimum atomic E-state index is -1.28. The van der Waals surface area contributed by atoms with E-state index in [0.29, 0.717) is 17.5 Å². The van der Waals surface area contributed by atoms with Crippen LogP contribution in [0.4, 0.5) is 9.59 Å². The number of carbonyl (C=O) groups excluding carboxylic acids is 6. The summed E-state index contributed by atoms with van der Waals surface area (Å²) >= 11 is 0. The zero-order valence-electron chi connectivity index (χ0n) is 34.6. The van der Waals surface area contributed by atoms with Gasteiger partial charge in [-0.2, -0.15) is 0 Å². The van der Waals surface area contributed by atoms with Gasteiger partial charge in [-0.05, 0) is 90.0 Å². The quantitative estimate of drug-likeness (QED) is 0.0579. The third-order valence-electron chi connectivity index (χ3n) is 7.96. The highest BCUT2D eigenvalue weighted by Gasteiger charge is 2.30. The van der Waals surface area contributed by atoms with E-state index in [1.807, 2.05) is 13.8 Å². The van der Waals surface area contributed by atoms with E-state index in [1.54, 1.807) is 84.0 Å². The summed E-state index contributed by atoms with van der Waals surface area (Å²) in [6.45, 7) is 13.4. The number of carbonyl (C=O) groups is 7. The monoisotopic (exact) mass is 812 g/mol. The number of hydrogen-bond acceptors (Lipinski definition) is 11. The molecule has 0 aliphatic carbocycles. The van der Waals surface area contributed by atoms with Crippen molar-refractivity contribution in [1.29, 1.82) is 0 Å². The molecule has 0 bridgehead atoms. The van der Waals surface area contributed by atoms with Gasteiger partial charge in [0.05, 0.1) is 12.6 Å². The van der Waals surface area contributed by atoms with E-state index in [1.165, 1.54) is 12.1 Å². The summed E-state index contributed by atoms with van der Waals surface area (Å²) in [5, 5.41) is 22.5. The Labute approximate surface area is 339 Å². The number of aliphatic carboxylic acids is 1. The van der Waals surface area contributed by atoms with E-state index < -0.39 is 77.9 Å². The van der Waals surface area contributed by atoms with Gasteiger partial charge in [0.15, 0.2) is 0 Å².